The van der Waals surface area contributed by atoms with E-state index in [1.54, 1.807) is 13.3 Å². The van der Waals surface area contributed by atoms with Gasteiger partial charge in [0.15, 0.2) is 0 Å². The second-order valence-corrected chi connectivity index (χ2v) is 6.62. The quantitative estimate of drug-likeness (QED) is 0.804. The van der Waals surface area contributed by atoms with Crippen LogP contribution >= 0.6 is 0 Å². The smallest absolute Gasteiger partial charge is 0.481 e. The topological polar surface area (TPSA) is 62.7 Å². The highest BCUT2D eigenvalue weighted by Gasteiger charge is 2.52. The first-order valence-corrected chi connectivity index (χ1v) is 7.82. The summed E-state index contributed by atoms with van der Waals surface area (Å²) >= 11 is 0. The molecule has 0 bridgehead atoms. The van der Waals surface area contributed by atoms with Crippen LogP contribution in [-0.2, 0) is 9.31 Å². The summed E-state index contributed by atoms with van der Waals surface area (Å²) in [7, 11) is 0.958. The Morgan fingerprint density at radius 2 is 1.62 bits per heavy atom. The van der Waals surface area contributed by atoms with Gasteiger partial charge in [0.05, 0.1) is 23.8 Å². The highest BCUT2D eigenvalue weighted by molar-refractivity contribution is 6.63. The van der Waals surface area contributed by atoms with Crippen LogP contribution in [0.3, 0.4) is 0 Å². The Hall–Kier alpha value is -2.12. The van der Waals surface area contributed by atoms with E-state index in [1.807, 2.05) is 58.0 Å². The molecule has 1 aliphatic heterocycles. The summed E-state index contributed by atoms with van der Waals surface area (Å²) in [5.74, 6) is 1.03. The minimum absolute atomic E-state index is 0.207. The lowest BCUT2D eigenvalue weighted by molar-refractivity contribution is 0.00578. The Morgan fingerprint density at radius 3 is 2.21 bits per heavy atom. The summed E-state index contributed by atoms with van der Waals surface area (Å²) in [6.07, 6.45) is 1.62. The van der Waals surface area contributed by atoms with Gasteiger partial charge in [-0.15, -0.1) is 0 Å². The van der Waals surface area contributed by atoms with E-state index in [1.165, 1.54) is 0 Å². The van der Waals surface area contributed by atoms with E-state index in [-0.39, 0.29) is 6.01 Å². The summed E-state index contributed by atoms with van der Waals surface area (Å²) in [4.78, 5) is 8.56. The fourth-order valence-electron chi connectivity index (χ4n) is 2.30. The van der Waals surface area contributed by atoms with Gasteiger partial charge in [0.1, 0.15) is 5.75 Å². The number of rotatable bonds is 4. The zero-order chi connectivity index (χ0) is 17.4. The molecule has 1 aromatic heterocycles. The zero-order valence-corrected chi connectivity index (χ0v) is 14.6. The second kappa shape index (κ2) is 6.07. The number of nitrogens with zero attached hydrogens (tertiary/aromatic N) is 2. The molecule has 0 N–H and O–H groups in total. The van der Waals surface area contributed by atoms with Crippen LogP contribution < -0.4 is 14.9 Å². The standard InChI is InChI=1S/C17H21BN2O4/c1-16(2)17(3,4)24-18(23-16)13-11-19-15(20-14(13)21-5)22-12-9-7-6-8-10-12/h6-11H,1-5H3. The van der Waals surface area contributed by atoms with Crippen LogP contribution in [0.25, 0.3) is 0 Å². The molecule has 3 rings (SSSR count). The molecule has 0 radical (unpaired) electrons. The Balaban J connectivity index is 1.86. The van der Waals surface area contributed by atoms with Crippen molar-refractivity contribution in [1.29, 1.82) is 0 Å². The first-order chi connectivity index (χ1) is 11.3. The Morgan fingerprint density at radius 1 is 1.00 bits per heavy atom. The molecule has 126 valence electrons. The molecular formula is C17H21BN2O4. The molecule has 24 heavy (non-hydrogen) atoms. The fourth-order valence-corrected chi connectivity index (χ4v) is 2.30. The zero-order valence-electron chi connectivity index (χ0n) is 14.6. The molecule has 7 heteroatoms. The molecule has 1 saturated heterocycles. The van der Waals surface area contributed by atoms with Gasteiger partial charge in [-0.3, -0.25) is 0 Å². The number of hydrogen-bond acceptors (Lipinski definition) is 6. The predicted octanol–water partition coefficient (Wildman–Crippen LogP) is 2.58. The van der Waals surface area contributed by atoms with E-state index in [0.29, 0.717) is 17.1 Å². The number of aromatic nitrogens is 2. The molecule has 2 aromatic rings. The molecule has 0 spiro atoms. The van der Waals surface area contributed by atoms with Gasteiger partial charge in [0.25, 0.3) is 0 Å². The minimum Gasteiger partial charge on any atom is -0.481 e. The van der Waals surface area contributed by atoms with Crippen LogP contribution in [0.1, 0.15) is 27.7 Å². The van der Waals surface area contributed by atoms with Crippen molar-refractivity contribution >= 4 is 12.6 Å². The van der Waals surface area contributed by atoms with Crippen molar-refractivity contribution in [2.24, 2.45) is 0 Å². The first-order valence-electron chi connectivity index (χ1n) is 7.82. The van der Waals surface area contributed by atoms with Crippen molar-refractivity contribution < 1.29 is 18.8 Å². The molecule has 0 aliphatic carbocycles. The van der Waals surface area contributed by atoms with Crippen LogP contribution in [-0.4, -0.2) is 35.4 Å². The second-order valence-electron chi connectivity index (χ2n) is 6.62. The molecule has 0 saturated carbocycles. The van der Waals surface area contributed by atoms with E-state index >= 15 is 0 Å². The molecule has 0 atom stereocenters. The predicted molar refractivity (Wildman–Crippen MR) is 90.8 cm³/mol. The summed E-state index contributed by atoms with van der Waals surface area (Å²) in [6.45, 7) is 7.97. The Bertz CT molecular complexity index is 706. The van der Waals surface area contributed by atoms with Crippen molar-refractivity contribution in [2.75, 3.05) is 7.11 Å². The van der Waals surface area contributed by atoms with Crippen molar-refractivity contribution in [3.05, 3.63) is 36.5 Å². The Labute approximate surface area is 142 Å². The summed E-state index contributed by atoms with van der Waals surface area (Å²) in [5, 5.41) is 0. The maximum Gasteiger partial charge on any atom is 0.502 e. The Kier molecular flexibility index (Phi) is 4.23. The largest absolute Gasteiger partial charge is 0.502 e. The van der Waals surface area contributed by atoms with Gasteiger partial charge in [-0.05, 0) is 39.8 Å². The van der Waals surface area contributed by atoms with Gasteiger partial charge in [-0.1, -0.05) is 18.2 Å². The number of hydrogen-bond donors (Lipinski definition) is 0. The van der Waals surface area contributed by atoms with E-state index in [9.17, 15) is 0 Å². The van der Waals surface area contributed by atoms with E-state index in [0.717, 1.165) is 0 Å². The first kappa shape index (κ1) is 16.7. The van der Waals surface area contributed by atoms with Crippen molar-refractivity contribution in [1.82, 2.24) is 9.97 Å². The van der Waals surface area contributed by atoms with E-state index in [4.69, 9.17) is 18.8 Å². The third kappa shape index (κ3) is 3.09. The van der Waals surface area contributed by atoms with Crippen LogP contribution in [0, 0.1) is 0 Å². The van der Waals surface area contributed by atoms with Gasteiger partial charge >= 0.3 is 13.1 Å². The molecule has 0 unspecified atom stereocenters. The number of benzene rings is 1. The van der Waals surface area contributed by atoms with Gasteiger partial charge < -0.3 is 18.8 Å². The molecule has 1 aromatic carbocycles. The SMILES string of the molecule is COc1nc(Oc2ccccc2)ncc1B1OC(C)(C)C(C)(C)O1. The third-order valence-corrected chi connectivity index (χ3v) is 4.41. The van der Waals surface area contributed by atoms with Gasteiger partial charge in [-0.25, -0.2) is 4.98 Å². The highest BCUT2D eigenvalue weighted by atomic mass is 16.7. The van der Waals surface area contributed by atoms with Gasteiger partial charge in [0.2, 0.25) is 5.88 Å². The summed E-state index contributed by atoms with van der Waals surface area (Å²) in [5.41, 5.74) is -0.249. The minimum atomic E-state index is -0.587. The average Bonchev–Trinajstić information content (AvgIpc) is 2.76. The molecule has 1 aliphatic rings. The average molecular weight is 328 g/mol. The van der Waals surface area contributed by atoms with E-state index in [2.05, 4.69) is 9.97 Å². The van der Waals surface area contributed by atoms with Crippen LogP contribution in [0.4, 0.5) is 0 Å². The van der Waals surface area contributed by atoms with Crippen LogP contribution in [0.5, 0.6) is 17.6 Å². The van der Waals surface area contributed by atoms with Crippen LogP contribution in [0.2, 0.25) is 0 Å². The molecular weight excluding hydrogens is 307 g/mol. The summed E-state index contributed by atoms with van der Waals surface area (Å²) in [6, 6.07) is 9.54. The molecule has 0 amide bonds. The summed E-state index contributed by atoms with van der Waals surface area (Å²) < 4.78 is 23.1. The van der Waals surface area contributed by atoms with Crippen molar-refractivity contribution in [3.63, 3.8) is 0 Å². The number of methoxy groups -OCH3 is 1. The number of ether oxygens (including phenoxy) is 2. The normalized spacial score (nSPS) is 18.5. The molecule has 2 heterocycles. The lowest BCUT2D eigenvalue weighted by Crippen LogP contribution is -2.41. The number of para-hydroxylation sites is 1. The highest BCUT2D eigenvalue weighted by Crippen LogP contribution is 2.37. The maximum absolute atomic E-state index is 6.03. The molecule has 1 fully saturated rings. The molecule has 6 nitrogen and oxygen atoms in total. The van der Waals surface area contributed by atoms with Crippen molar-refractivity contribution in [2.45, 2.75) is 38.9 Å². The fraction of sp³-hybridized carbons (Fsp3) is 0.412. The lowest BCUT2D eigenvalue weighted by Gasteiger charge is -2.32. The maximum atomic E-state index is 6.03. The third-order valence-electron chi connectivity index (χ3n) is 4.41. The van der Waals surface area contributed by atoms with Gasteiger partial charge in [-0.2, -0.15) is 4.98 Å². The van der Waals surface area contributed by atoms with E-state index < -0.39 is 18.3 Å². The van der Waals surface area contributed by atoms with Crippen LogP contribution in [0.15, 0.2) is 36.5 Å². The lowest BCUT2D eigenvalue weighted by atomic mass is 9.81. The van der Waals surface area contributed by atoms with Crippen molar-refractivity contribution in [3.8, 4) is 17.6 Å². The monoisotopic (exact) mass is 328 g/mol. The van der Waals surface area contributed by atoms with Gasteiger partial charge in [0, 0.05) is 6.20 Å².